The summed E-state index contributed by atoms with van der Waals surface area (Å²) in [6.45, 7) is 7.75. The third kappa shape index (κ3) is 3.72. The Hall–Kier alpha value is -1.51. The minimum absolute atomic E-state index is 0.269. The van der Waals surface area contributed by atoms with Crippen LogP contribution in [0.5, 0.6) is 0 Å². The lowest BCUT2D eigenvalue weighted by Gasteiger charge is -2.21. The van der Waals surface area contributed by atoms with E-state index in [-0.39, 0.29) is 5.91 Å². The maximum atomic E-state index is 11.3. The van der Waals surface area contributed by atoms with Crippen molar-refractivity contribution in [1.29, 1.82) is 0 Å². The summed E-state index contributed by atoms with van der Waals surface area (Å²) >= 11 is 4.68. The Morgan fingerprint density at radius 3 is 2.58 bits per heavy atom. The predicted octanol–water partition coefficient (Wildman–Crippen LogP) is 3.48. The van der Waals surface area contributed by atoms with Crippen molar-refractivity contribution in [3.63, 3.8) is 0 Å². The number of nitrogens with two attached hydrogens (primary N) is 1. The molecule has 19 heavy (non-hydrogen) atoms. The molecule has 1 amide bonds. The third-order valence-corrected chi connectivity index (χ3v) is 3.68. The van der Waals surface area contributed by atoms with Crippen LogP contribution in [0.15, 0.2) is 17.1 Å². The van der Waals surface area contributed by atoms with Crippen LogP contribution in [-0.4, -0.2) is 11.1 Å². The molecule has 0 fully saturated rings. The van der Waals surface area contributed by atoms with Crippen molar-refractivity contribution in [2.75, 3.05) is 0 Å². The van der Waals surface area contributed by atoms with Gasteiger partial charge in [-0.1, -0.05) is 26.0 Å². The molecule has 4 heteroatoms. The maximum Gasteiger partial charge on any atom is 0.223 e. The monoisotopic (exact) mass is 276 g/mol. The van der Waals surface area contributed by atoms with Gasteiger partial charge < -0.3 is 5.73 Å². The van der Waals surface area contributed by atoms with Crippen LogP contribution >= 0.6 is 12.2 Å². The molecule has 1 aromatic carbocycles. The molecule has 3 nitrogen and oxygen atoms in total. The quantitative estimate of drug-likeness (QED) is 0.661. The number of aliphatic imine (C=N–C) groups is 1. The van der Waals surface area contributed by atoms with Gasteiger partial charge in [-0.05, 0) is 55.6 Å². The first-order valence-corrected chi connectivity index (χ1v) is 6.67. The van der Waals surface area contributed by atoms with Crippen molar-refractivity contribution in [1.82, 2.24) is 0 Å². The van der Waals surface area contributed by atoms with E-state index >= 15 is 0 Å². The highest BCUT2D eigenvalue weighted by molar-refractivity contribution is 7.78. The Balaban J connectivity index is 3.01. The van der Waals surface area contributed by atoms with Crippen LogP contribution in [0.4, 0.5) is 5.69 Å². The smallest absolute Gasteiger partial charge is 0.223 e. The molecule has 0 unspecified atom stereocenters. The van der Waals surface area contributed by atoms with Crippen LogP contribution in [0, 0.1) is 19.3 Å². The van der Waals surface area contributed by atoms with E-state index in [1.165, 1.54) is 5.56 Å². The van der Waals surface area contributed by atoms with Gasteiger partial charge in [0.15, 0.2) is 0 Å². The van der Waals surface area contributed by atoms with E-state index in [2.05, 4.69) is 28.4 Å². The molecule has 0 saturated heterocycles. The topological polar surface area (TPSA) is 55.5 Å². The molecule has 0 aliphatic carbocycles. The highest BCUT2D eigenvalue weighted by atomic mass is 32.1. The second-order valence-electron chi connectivity index (χ2n) is 5.47. The molecule has 0 spiro atoms. The number of benzene rings is 1. The highest BCUT2D eigenvalue weighted by Gasteiger charge is 2.24. The van der Waals surface area contributed by atoms with E-state index in [4.69, 9.17) is 5.73 Å². The largest absolute Gasteiger partial charge is 0.369 e. The number of thiocarbonyl (C=S) groups is 1. The molecule has 0 heterocycles. The molecule has 0 aliphatic heterocycles. The van der Waals surface area contributed by atoms with Gasteiger partial charge in [0.2, 0.25) is 5.91 Å². The maximum absolute atomic E-state index is 11.3. The number of carbonyl (C=O) groups excluding carboxylic acids is 1. The molecule has 102 valence electrons. The molecule has 1 rings (SSSR count). The van der Waals surface area contributed by atoms with Gasteiger partial charge >= 0.3 is 0 Å². The van der Waals surface area contributed by atoms with Crippen LogP contribution in [0.3, 0.4) is 0 Å². The lowest BCUT2D eigenvalue weighted by atomic mass is 9.84. The van der Waals surface area contributed by atoms with Crippen LogP contribution < -0.4 is 5.73 Å². The van der Waals surface area contributed by atoms with E-state index in [1.807, 2.05) is 33.8 Å². The summed E-state index contributed by atoms with van der Waals surface area (Å²) in [7, 11) is 0. The second-order valence-corrected chi connectivity index (χ2v) is 5.65. The summed E-state index contributed by atoms with van der Waals surface area (Å²) in [5, 5.41) is 2.42. The lowest BCUT2D eigenvalue weighted by molar-refractivity contribution is -0.126. The zero-order valence-corrected chi connectivity index (χ0v) is 12.7. The highest BCUT2D eigenvalue weighted by Crippen LogP contribution is 2.29. The fraction of sp³-hybridized carbons (Fsp3) is 0.467. The number of rotatable bonds is 5. The number of hydrogen-bond acceptors (Lipinski definition) is 3. The van der Waals surface area contributed by atoms with E-state index in [0.717, 1.165) is 23.2 Å². The number of isothiocyanates is 1. The minimum Gasteiger partial charge on any atom is -0.369 e. The lowest BCUT2D eigenvalue weighted by Crippen LogP contribution is -2.31. The first kappa shape index (κ1) is 15.5. The number of primary amides is 1. The Bertz CT molecular complexity index is 543. The second kappa shape index (κ2) is 6.09. The molecule has 2 N–H and O–H groups in total. The van der Waals surface area contributed by atoms with E-state index in [1.54, 1.807) is 0 Å². The summed E-state index contributed by atoms with van der Waals surface area (Å²) in [5.74, 6) is -0.269. The van der Waals surface area contributed by atoms with Crippen molar-refractivity contribution < 1.29 is 4.79 Å². The molecule has 0 radical (unpaired) electrons. The van der Waals surface area contributed by atoms with E-state index < -0.39 is 5.41 Å². The SMILES string of the molecule is Cc1ccc(CCC(C)(C)C(N)=O)c(C)c1N=C=S. The molecular weight excluding hydrogens is 256 g/mol. The fourth-order valence-corrected chi connectivity index (χ4v) is 2.03. The molecule has 0 bridgehead atoms. The Kier molecular flexibility index (Phi) is 4.98. The zero-order chi connectivity index (χ0) is 14.6. The predicted molar refractivity (Wildman–Crippen MR) is 81.9 cm³/mol. The Morgan fingerprint density at radius 1 is 1.42 bits per heavy atom. The minimum atomic E-state index is -0.495. The van der Waals surface area contributed by atoms with Crippen LogP contribution in [0.1, 0.15) is 37.0 Å². The summed E-state index contributed by atoms with van der Waals surface area (Å²) in [6, 6.07) is 4.09. The summed E-state index contributed by atoms with van der Waals surface area (Å²) in [6.07, 6.45) is 1.51. The van der Waals surface area contributed by atoms with Gasteiger partial charge in [-0.3, -0.25) is 4.79 Å². The number of amides is 1. The van der Waals surface area contributed by atoms with Crippen molar-refractivity contribution in [3.05, 3.63) is 28.8 Å². The van der Waals surface area contributed by atoms with Gasteiger partial charge in [0, 0.05) is 5.41 Å². The zero-order valence-electron chi connectivity index (χ0n) is 11.9. The van der Waals surface area contributed by atoms with Crippen LogP contribution in [0.2, 0.25) is 0 Å². The Labute approximate surface area is 119 Å². The summed E-state index contributed by atoms with van der Waals surface area (Å²) in [5.41, 5.74) is 9.12. The molecule has 0 aromatic heterocycles. The van der Waals surface area contributed by atoms with Crippen molar-refractivity contribution in [2.24, 2.45) is 16.1 Å². The average Bonchev–Trinajstić information content (AvgIpc) is 2.33. The van der Waals surface area contributed by atoms with Crippen molar-refractivity contribution in [2.45, 2.75) is 40.5 Å². The van der Waals surface area contributed by atoms with Gasteiger partial charge in [0.1, 0.15) is 0 Å². The van der Waals surface area contributed by atoms with E-state index in [0.29, 0.717) is 6.42 Å². The number of aryl methyl sites for hydroxylation is 2. The number of hydrogen-bond donors (Lipinski definition) is 1. The van der Waals surface area contributed by atoms with Gasteiger partial charge in [-0.15, -0.1) is 0 Å². The first-order valence-electron chi connectivity index (χ1n) is 6.26. The first-order chi connectivity index (χ1) is 8.79. The van der Waals surface area contributed by atoms with Crippen LogP contribution in [0.25, 0.3) is 0 Å². The standard InChI is InChI=1S/C15H20N2OS/c1-10-5-6-12(11(2)13(10)17-9-19)7-8-15(3,4)14(16)18/h5-6H,7-8H2,1-4H3,(H2,16,18). The van der Waals surface area contributed by atoms with Crippen LogP contribution in [-0.2, 0) is 11.2 Å². The molecule has 1 aromatic rings. The number of carbonyl (C=O) groups is 1. The van der Waals surface area contributed by atoms with Crippen molar-refractivity contribution in [3.8, 4) is 0 Å². The third-order valence-electron chi connectivity index (χ3n) is 3.59. The van der Waals surface area contributed by atoms with Gasteiger partial charge in [-0.2, -0.15) is 4.99 Å². The average molecular weight is 276 g/mol. The normalized spacial score (nSPS) is 10.9. The van der Waals surface area contributed by atoms with E-state index in [9.17, 15) is 4.79 Å². The van der Waals surface area contributed by atoms with Gasteiger partial charge in [-0.25, -0.2) is 0 Å². The van der Waals surface area contributed by atoms with Crippen molar-refractivity contribution >= 4 is 29.0 Å². The summed E-state index contributed by atoms with van der Waals surface area (Å²) in [4.78, 5) is 15.4. The van der Waals surface area contributed by atoms with Gasteiger partial charge in [0.05, 0.1) is 10.8 Å². The molecular formula is C15H20N2OS. The molecule has 0 atom stereocenters. The Morgan fingerprint density at radius 2 is 2.05 bits per heavy atom. The molecule has 0 aliphatic rings. The number of nitrogens with zero attached hydrogens (tertiary/aromatic N) is 1. The fourth-order valence-electron chi connectivity index (χ4n) is 1.94. The van der Waals surface area contributed by atoms with Gasteiger partial charge in [0.25, 0.3) is 0 Å². The summed E-state index contributed by atoms with van der Waals surface area (Å²) < 4.78 is 0. The molecule has 0 saturated carbocycles.